The summed E-state index contributed by atoms with van der Waals surface area (Å²) in [4.78, 5) is 6.42. The Bertz CT molecular complexity index is 371. The molecular formula is C11H20N4O3. The quantitative estimate of drug-likeness (QED) is 0.738. The Balaban J connectivity index is 1.88. The van der Waals surface area contributed by atoms with Crippen LogP contribution in [0.25, 0.3) is 0 Å². The van der Waals surface area contributed by atoms with Crippen LogP contribution in [0.1, 0.15) is 17.8 Å². The van der Waals surface area contributed by atoms with E-state index in [0.29, 0.717) is 32.1 Å². The Morgan fingerprint density at radius 2 is 2.50 bits per heavy atom. The first-order chi connectivity index (χ1) is 8.69. The lowest BCUT2D eigenvalue weighted by Gasteiger charge is -2.32. The normalized spacial score (nSPS) is 23.2. The number of morpholine rings is 1. The number of ether oxygens (including phenoxy) is 2. The lowest BCUT2D eigenvalue weighted by Crippen LogP contribution is -2.43. The van der Waals surface area contributed by atoms with Crippen molar-refractivity contribution in [1.29, 1.82) is 0 Å². The Morgan fingerprint density at radius 1 is 1.67 bits per heavy atom. The first-order valence-electron chi connectivity index (χ1n) is 6.09. The molecule has 7 heteroatoms. The molecule has 1 fully saturated rings. The molecule has 18 heavy (non-hydrogen) atoms. The zero-order valence-corrected chi connectivity index (χ0v) is 10.8. The number of nitrogens with zero attached hydrogens (tertiary/aromatic N) is 3. The smallest absolute Gasteiger partial charge is 0.180 e. The molecule has 0 unspecified atom stereocenters. The number of methoxy groups -OCH3 is 1. The second-order valence-corrected chi connectivity index (χ2v) is 4.51. The van der Waals surface area contributed by atoms with Crippen molar-refractivity contribution in [2.45, 2.75) is 19.1 Å². The molecule has 0 aliphatic carbocycles. The summed E-state index contributed by atoms with van der Waals surface area (Å²) in [5.41, 5.74) is 0. The third kappa shape index (κ3) is 3.49. The zero-order valence-electron chi connectivity index (χ0n) is 10.8. The van der Waals surface area contributed by atoms with Crippen LogP contribution in [0, 0.1) is 6.92 Å². The predicted molar refractivity (Wildman–Crippen MR) is 64.1 cm³/mol. The zero-order chi connectivity index (χ0) is 13.0. The van der Waals surface area contributed by atoms with E-state index >= 15 is 0 Å². The van der Waals surface area contributed by atoms with Crippen LogP contribution in [0.4, 0.5) is 0 Å². The van der Waals surface area contributed by atoms with Crippen molar-refractivity contribution in [2.75, 3.05) is 40.0 Å². The number of aliphatic hydroxyl groups is 1. The predicted octanol–water partition coefficient (Wildman–Crippen LogP) is -0.506. The molecule has 102 valence electrons. The Kier molecular flexibility index (Phi) is 4.65. The highest BCUT2D eigenvalue weighted by Crippen LogP contribution is 2.18. The van der Waals surface area contributed by atoms with E-state index in [1.165, 1.54) is 0 Å². The van der Waals surface area contributed by atoms with E-state index in [2.05, 4.69) is 20.1 Å². The van der Waals surface area contributed by atoms with Crippen molar-refractivity contribution in [3.05, 3.63) is 11.6 Å². The van der Waals surface area contributed by atoms with Gasteiger partial charge in [-0.05, 0) is 6.92 Å². The molecule has 1 aliphatic heterocycles. The second-order valence-electron chi connectivity index (χ2n) is 4.51. The topological polar surface area (TPSA) is 83.5 Å². The van der Waals surface area contributed by atoms with Gasteiger partial charge in [0.05, 0.1) is 19.3 Å². The van der Waals surface area contributed by atoms with Crippen LogP contribution in [0.15, 0.2) is 0 Å². The lowest BCUT2D eigenvalue weighted by atomic mass is 10.2. The van der Waals surface area contributed by atoms with Gasteiger partial charge < -0.3 is 14.6 Å². The van der Waals surface area contributed by atoms with Crippen molar-refractivity contribution in [1.82, 2.24) is 20.1 Å². The minimum Gasteiger partial charge on any atom is -0.389 e. The van der Waals surface area contributed by atoms with E-state index in [-0.39, 0.29) is 6.10 Å². The summed E-state index contributed by atoms with van der Waals surface area (Å²) in [6.45, 7) is 4.91. The van der Waals surface area contributed by atoms with Crippen molar-refractivity contribution in [3.8, 4) is 0 Å². The maximum Gasteiger partial charge on any atom is 0.180 e. The standard InChI is InChI=1S/C11H20N4O3/c1-8-12-11(14-13-8)10-6-15(3-4-18-10)5-9(16)7-17-2/h9-10,16H,3-7H2,1-2H3,(H,12,13,14)/t9-,10-/m1/s1. The second kappa shape index (κ2) is 6.24. The van der Waals surface area contributed by atoms with Crippen LogP contribution < -0.4 is 0 Å². The number of aryl methyl sites for hydroxylation is 1. The molecule has 2 rings (SSSR count). The van der Waals surface area contributed by atoms with Gasteiger partial charge in [0.15, 0.2) is 5.82 Å². The molecule has 1 aliphatic rings. The van der Waals surface area contributed by atoms with Gasteiger partial charge >= 0.3 is 0 Å². The molecule has 2 atom stereocenters. The summed E-state index contributed by atoms with van der Waals surface area (Å²) in [6, 6.07) is 0. The molecule has 0 saturated carbocycles. The number of H-pyrrole nitrogens is 1. The monoisotopic (exact) mass is 256 g/mol. The number of rotatable bonds is 5. The van der Waals surface area contributed by atoms with Gasteiger partial charge in [0, 0.05) is 26.7 Å². The molecule has 0 bridgehead atoms. The van der Waals surface area contributed by atoms with Gasteiger partial charge in [0.1, 0.15) is 11.9 Å². The third-order valence-electron chi connectivity index (χ3n) is 2.88. The van der Waals surface area contributed by atoms with Crippen LogP contribution in [-0.2, 0) is 9.47 Å². The van der Waals surface area contributed by atoms with Gasteiger partial charge in [0.25, 0.3) is 0 Å². The van der Waals surface area contributed by atoms with Crippen LogP contribution >= 0.6 is 0 Å². The van der Waals surface area contributed by atoms with Crippen molar-refractivity contribution in [2.24, 2.45) is 0 Å². The Hall–Kier alpha value is -1.02. The summed E-state index contributed by atoms with van der Waals surface area (Å²) < 4.78 is 10.6. The first-order valence-corrected chi connectivity index (χ1v) is 6.09. The molecule has 0 aromatic carbocycles. The van der Waals surface area contributed by atoms with Crippen molar-refractivity contribution < 1.29 is 14.6 Å². The van der Waals surface area contributed by atoms with E-state index in [9.17, 15) is 5.11 Å². The fraction of sp³-hybridized carbons (Fsp3) is 0.818. The van der Waals surface area contributed by atoms with E-state index in [4.69, 9.17) is 9.47 Å². The first kappa shape index (κ1) is 13.4. The lowest BCUT2D eigenvalue weighted by molar-refractivity contribution is -0.0526. The molecule has 2 N–H and O–H groups in total. The summed E-state index contributed by atoms with van der Waals surface area (Å²) in [5.74, 6) is 1.46. The minimum atomic E-state index is -0.470. The summed E-state index contributed by atoms with van der Waals surface area (Å²) in [5, 5.41) is 16.6. The molecule has 1 saturated heterocycles. The number of aliphatic hydroxyl groups excluding tert-OH is 1. The molecular weight excluding hydrogens is 236 g/mol. The van der Waals surface area contributed by atoms with Gasteiger partial charge in [-0.15, -0.1) is 0 Å². The summed E-state index contributed by atoms with van der Waals surface area (Å²) in [6.07, 6.45) is -0.596. The minimum absolute atomic E-state index is 0.126. The molecule has 1 aromatic rings. The average molecular weight is 256 g/mol. The number of hydrogen-bond acceptors (Lipinski definition) is 6. The van der Waals surface area contributed by atoms with Crippen molar-refractivity contribution in [3.63, 3.8) is 0 Å². The third-order valence-corrected chi connectivity index (χ3v) is 2.88. The van der Waals surface area contributed by atoms with Gasteiger partial charge in [-0.2, -0.15) is 5.10 Å². The van der Waals surface area contributed by atoms with Gasteiger partial charge in [-0.25, -0.2) is 4.98 Å². The maximum absolute atomic E-state index is 9.72. The van der Waals surface area contributed by atoms with Crippen LogP contribution in [0.2, 0.25) is 0 Å². The van der Waals surface area contributed by atoms with Crippen molar-refractivity contribution >= 4 is 0 Å². The molecule has 0 amide bonds. The number of aromatic nitrogens is 3. The molecule has 2 heterocycles. The maximum atomic E-state index is 9.72. The van der Waals surface area contributed by atoms with Crippen LogP contribution in [0.3, 0.4) is 0 Å². The fourth-order valence-corrected chi connectivity index (χ4v) is 2.07. The van der Waals surface area contributed by atoms with Gasteiger partial charge in [-0.1, -0.05) is 0 Å². The van der Waals surface area contributed by atoms with Gasteiger partial charge in [0.2, 0.25) is 0 Å². The highest BCUT2D eigenvalue weighted by atomic mass is 16.5. The molecule has 7 nitrogen and oxygen atoms in total. The molecule has 0 radical (unpaired) electrons. The molecule has 0 spiro atoms. The van der Waals surface area contributed by atoms with Gasteiger partial charge in [-0.3, -0.25) is 10.00 Å². The number of nitrogens with one attached hydrogen (secondary N) is 1. The SMILES string of the molecule is COC[C@H](O)CN1CCO[C@@H](c2n[nH]c(C)n2)C1. The Labute approximate surface area is 106 Å². The molecule has 1 aromatic heterocycles. The van der Waals surface area contributed by atoms with E-state index in [1.807, 2.05) is 6.92 Å². The van der Waals surface area contributed by atoms with Crippen LogP contribution in [0.5, 0.6) is 0 Å². The fourth-order valence-electron chi connectivity index (χ4n) is 2.07. The van der Waals surface area contributed by atoms with E-state index < -0.39 is 6.10 Å². The van der Waals surface area contributed by atoms with Crippen LogP contribution in [-0.4, -0.2) is 71.2 Å². The van der Waals surface area contributed by atoms with E-state index in [1.54, 1.807) is 7.11 Å². The Morgan fingerprint density at radius 3 is 3.17 bits per heavy atom. The number of hydrogen-bond donors (Lipinski definition) is 2. The van der Waals surface area contributed by atoms with E-state index in [0.717, 1.165) is 12.4 Å². The summed E-state index contributed by atoms with van der Waals surface area (Å²) in [7, 11) is 1.59. The summed E-state index contributed by atoms with van der Waals surface area (Å²) >= 11 is 0. The number of β-amino-alcohol motifs (C(OH)–C–C–N with tert-alkyl or cyclic N) is 1. The largest absolute Gasteiger partial charge is 0.389 e. The average Bonchev–Trinajstić information content (AvgIpc) is 2.76. The highest BCUT2D eigenvalue weighted by molar-refractivity contribution is 4.95. The highest BCUT2D eigenvalue weighted by Gasteiger charge is 2.26. The number of aromatic amines is 1.